The first kappa shape index (κ1) is 18.7. The fourth-order valence-corrected chi connectivity index (χ4v) is 2.55. The second kappa shape index (κ2) is 9.64. The highest BCUT2D eigenvalue weighted by Gasteiger charge is 2.20. The van der Waals surface area contributed by atoms with Gasteiger partial charge in [0.2, 0.25) is 5.91 Å². The van der Waals surface area contributed by atoms with Gasteiger partial charge >= 0.3 is 5.97 Å². The predicted octanol–water partition coefficient (Wildman–Crippen LogP) is 2.21. The van der Waals surface area contributed by atoms with Crippen LogP contribution < -0.4 is 5.32 Å². The predicted molar refractivity (Wildman–Crippen MR) is 93.5 cm³/mol. The van der Waals surface area contributed by atoms with Crippen molar-refractivity contribution in [2.45, 2.75) is 20.0 Å². The maximum Gasteiger partial charge on any atom is 0.309 e. The second-order valence-electron chi connectivity index (χ2n) is 5.94. The third-order valence-electron chi connectivity index (χ3n) is 3.79. The number of hydrogen-bond acceptors (Lipinski definition) is 5. The highest BCUT2D eigenvalue weighted by atomic mass is 16.5. The lowest BCUT2D eigenvalue weighted by molar-refractivity contribution is -0.145. The van der Waals surface area contributed by atoms with Crippen LogP contribution in [0.5, 0.6) is 0 Å². The zero-order valence-electron chi connectivity index (χ0n) is 14.6. The second-order valence-corrected chi connectivity index (χ2v) is 5.94. The summed E-state index contributed by atoms with van der Waals surface area (Å²) in [4.78, 5) is 25.9. The monoisotopic (exact) mass is 344 g/mol. The molecule has 0 bridgehead atoms. The molecule has 1 atom stereocenters. The zero-order valence-corrected chi connectivity index (χ0v) is 14.6. The molecule has 1 heterocycles. The van der Waals surface area contributed by atoms with E-state index in [-0.39, 0.29) is 24.3 Å². The van der Waals surface area contributed by atoms with Crippen molar-refractivity contribution in [2.24, 2.45) is 5.92 Å². The summed E-state index contributed by atoms with van der Waals surface area (Å²) >= 11 is 0. The highest BCUT2D eigenvalue weighted by molar-refractivity contribution is 5.78. The number of carbonyl (C=O) groups excluding carboxylic acids is 2. The van der Waals surface area contributed by atoms with Crippen molar-refractivity contribution in [1.82, 2.24) is 10.2 Å². The lowest BCUT2D eigenvalue weighted by Gasteiger charge is -2.24. The quantitative estimate of drug-likeness (QED) is 0.706. The Balaban J connectivity index is 1.94. The summed E-state index contributed by atoms with van der Waals surface area (Å²) in [5.41, 5.74) is 1.08. The Morgan fingerprint density at radius 1 is 1.20 bits per heavy atom. The van der Waals surface area contributed by atoms with Crippen molar-refractivity contribution in [3.63, 3.8) is 0 Å². The minimum absolute atomic E-state index is 0.121. The van der Waals surface area contributed by atoms with Crippen LogP contribution in [0.25, 0.3) is 0 Å². The van der Waals surface area contributed by atoms with Crippen molar-refractivity contribution in [3.05, 3.63) is 60.1 Å². The molecular formula is C19H24N2O4. The number of carbonyl (C=O) groups is 2. The minimum atomic E-state index is -0.313. The van der Waals surface area contributed by atoms with Crippen LogP contribution in [0, 0.1) is 5.92 Å². The number of amides is 1. The van der Waals surface area contributed by atoms with E-state index in [4.69, 9.17) is 9.15 Å². The Bertz CT molecular complexity index is 655. The summed E-state index contributed by atoms with van der Waals surface area (Å²) in [5, 5.41) is 2.83. The van der Waals surface area contributed by atoms with Crippen molar-refractivity contribution in [3.8, 4) is 0 Å². The van der Waals surface area contributed by atoms with E-state index < -0.39 is 0 Å². The van der Waals surface area contributed by atoms with E-state index in [1.54, 1.807) is 25.3 Å². The molecule has 0 aliphatic rings. The molecule has 134 valence electrons. The van der Waals surface area contributed by atoms with Crippen LogP contribution in [0.3, 0.4) is 0 Å². The van der Waals surface area contributed by atoms with E-state index in [1.165, 1.54) is 7.11 Å². The van der Waals surface area contributed by atoms with E-state index in [0.717, 1.165) is 5.56 Å². The maximum absolute atomic E-state index is 12.2. The third kappa shape index (κ3) is 6.43. The summed E-state index contributed by atoms with van der Waals surface area (Å²) in [6, 6.07) is 13.4. The standard InChI is InChI=1S/C19H24N2O4/c1-15(19(23)24-2)12-21(13-16-7-4-3-5-8-16)14-18(22)20-11-17-9-6-10-25-17/h3-10,15H,11-14H2,1-2H3,(H,20,22)/t15-/m1/s1. The first-order valence-electron chi connectivity index (χ1n) is 8.21. The largest absolute Gasteiger partial charge is 0.469 e. The van der Waals surface area contributed by atoms with Gasteiger partial charge in [0.05, 0.1) is 32.4 Å². The number of rotatable bonds is 9. The Hall–Kier alpha value is -2.60. The van der Waals surface area contributed by atoms with Gasteiger partial charge in [-0.25, -0.2) is 0 Å². The Labute approximate surface area is 147 Å². The first-order chi connectivity index (χ1) is 12.1. The molecule has 0 unspecified atom stereocenters. The summed E-state index contributed by atoms with van der Waals surface area (Å²) < 4.78 is 9.99. The summed E-state index contributed by atoms with van der Waals surface area (Å²) in [5.74, 6) is -0.0177. The number of nitrogens with one attached hydrogen (secondary N) is 1. The number of nitrogens with zero attached hydrogens (tertiary/aromatic N) is 1. The van der Waals surface area contributed by atoms with E-state index in [1.807, 2.05) is 35.2 Å². The molecule has 1 amide bonds. The van der Waals surface area contributed by atoms with E-state index in [9.17, 15) is 9.59 Å². The van der Waals surface area contributed by atoms with E-state index >= 15 is 0 Å². The fourth-order valence-electron chi connectivity index (χ4n) is 2.55. The Morgan fingerprint density at radius 2 is 1.96 bits per heavy atom. The molecule has 1 aromatic carbocycles. The lowest BCUT2D eigenvalue weighted by atomic mass is 10.1. The minimum Gasteiger partial charge on any atom is -0.469 e. The SMILES string of the molecule is COC(=O)[C@H](C)CN(CC(=O)NCc1ccco1)Cc1ccccc1. The van der Waals surface area contributed by atoms with Crippen LogP contribution in [0.2, 0.25) is 0 Å². The van der Waals surface area contributed by atoms with Gasteiger partial charge in [-0.05, 0) is 17.7 Å². The van der Waals surface area contributed by atoms with Gasteiger partial charge in [-0.2, -0.15) is 0 Å². The topological polar surface area (TPSA) is 71.8 Å². The third-order valence-corrected chi connectivity index (χ3v) is 3.79. The van der Waals surface area contributed by atoms with Crippen LogP contribution in [0.1, 0.15) is 18.2 Å². The van der Waals surface area contributed by atoms with Crippen LogP contribution in [-0.4, -0.2) is 37.0 Å². The van der Waals surface area contributed by atoms with Crippen LogP contribution >= 0.6 is 0 Å². The molecule has 0 aliphatic carbocycles. The molecule has 2 rings (SSSR count). The average molecular weight is 344 g/mol. The zero-order chi connectivity index (χ0) is 18.1. The number of benzene rings is 1. The number of furan rings is 1. The highest BCUT2D eigenvalue weighted by Crippen LogP contribution is 2.09. The van der Waals surface area contributed by atoms with Crippen molar-refractivity contribution >= 4 is 11.9 Å². The Morgan fingerprint density at radius 3 is 2.60 bits per heavy atom. The van der Waals surface area contributed by atoms with Gasteiger partial charge in [-0.1, -0.05) is 37.3 Å². The molecule has 2 aromatic rings. The summed E-state index contributed by atoms with van der Waals surface area (Å²) in [6.45, 7) is 3.35. The van der Waals surface area contributed by atoms with Crippen molar-refractivity contribution in [1.29, 1.82) is 0 Å². The molecule has 25 heavy (non-hydrogen) atoms. The molecular weight excluding hydrogens is 320 g/mol. The van der Waals surface area contributed by atoms with E-state index in [0.29, 0.717) is 25.4 Å². The van der Waals surface area contributed by atoms with Gasteiger partial charge in [0, 0.05) is 13.1 Å². The Kier molecular flexibility index (Phi) is 7.22. The van der Waals surface area contributed by atoms with Gasteiger partial charge in [0.15, 0.2) is 0 Å². The molecule has 1 aromatic heterocycles. The lowest BCUT2D eigenvalue weighted by Crippen LogP contribution is -2.40. The van der Waals surface area contributed by atoms with Crippen LogP contribution in [0.4, 0.5) is 0 Å². The molecule has 0 saturated carbocycles. The van der Waals surface area contributed by atoms with E-state index in [2.05, 4.69) is 5.32 Å². The smallest absolute Gasteiger partial charge is 0.309 e. The van der Waals surface area contributed by atoms with Gasteiger partial charge < -0.3 is 14.5 Å². The molecule has 0 saturated heterocycles. The number of methoxy groups -OCH3 is 1. The molecule has 0 radical (unpaired) electrons. The van der Waals surface area contributed by atoms with Crippen LogP contribution in [0.15, 0.2) is 53.1 Å². The average Bonchev–Trinajstić information content (AvgIpc) is 3.13. The van der Waals surface area contributed by atoms with Gasteiger partial charge in [-0.15, -0.1) is 0 Å². The summed E-state index contributed by atoms with van der Waals surface area (Å²) in [6.07, 6.45) is 1.57. The van der Waals surface area contributed by atoms with Crippen LogP contribution in [-0.2, 0) is 27.4 Å². The number of ether oxygens (including phenoxy) is 1. The molecule has 6 nitrogen and oxygen atoms in total. The molecule has 6 heteroatoms. The maximum atomic E-state index is 12.2. The number of hydrogen-bond donors (Lipinski definition) is 1. The van der Waals surface area contributed by atoms with Gasteiger partial charge in [0.1, 0.15) is 5.76 Å². The van der Waals surface area contributed by atoms with Gasteiger partial charge in [-0.3, -0.25) is 14.5 Å². The van der Waals surface area contributed by atoms with Gasteiger partial charge in [0.25, 0.3) is 0 Å². The number of esters is 1. The summed E-state index contributed by atoms with van der Waals surface area (Å²) in [7, 11) is 1.37. The normalized spacial score (nSPS) is 12.0. The molecule has 0 aliphatic heterocycles. The molecule has 0 fully saturated rings. The first-order valence-corrected chi connectivity index (χ1v) is 8.21. The van der Waals surface area contributed by atoms with Crippen molar-refractivity contribution in [2.75, 3.05) is 20.2 Å². The molecule has 0 spiro atoms. The van der Waals surface area contributed by atoms with Crippen molar-refractivity contribution < 1.29 is 18.7 Å². The fraction of sp³-hybridized carbons (Fsp3) is 0.368. The molecule has 1 N–H and O–H groups in total.